The van der Waals surface area contributed by atoms with Crippen molar-refractivity contribution in [2.24, 2.45) is 5.11 Å². The highest BCUT2D eigenvalue weighted by atomic mass is 15.2. The number of hydrogen-bond donors (Lipinski definition) is 0. The van der Waals surface area contributed by atoms with E-state index < -0.39 is 0 Å². The quantitative estimate of drug-likeness (QED) is 0.253. The second-order valence-corrected chi connectivity index (χ2v) is 2.36. The maximum absolute atomic E-state index is 7.86. The van der Waals surface area contributed by atoms with E-state index in [1.165, 1.54) is 0 Å². The van der Waals surface area contributed by atoms with Gasteiger partial charge in [-0.25, -0.2) is 0 Å². The van der Waals surface area contributed by atoms with Gasteiger partial charge in [0.25, 0.3) is 0 Å². The molecular formula is C4H9N3. The summed E-state index contributed by atoms with van der Waals surface area (Å²) >= 11 is 0. The third kappa shape index (κ3) is 5.31. The molecule has 0 amide bonds. The SMILES string of the molecule is CC(C)(C)N=[N+]=[N-]. The molecular weight excluding hydrogens is 90.1 g/mol. The maximum atomic E-state index is 7.86. The van der Waals surface area contributed by atoms with Crippen LogP contribution in [-0.4, -0.2) is 5.54 Å². The highest BCUT2D eigenvalue weighted by Gasteiger charge is 2.03. The van der Waals surface area contributed by atoms with Crippen LogP contribution in [-0.2, 0) is 0 Å². The lowest BCUT2D eigenvalue weighted by Crippen LogP contribution is -2.06. The number of hydrogen-bond acceptors (Lipinski definition) is 1. The van der Waals surface area contributed by atoms with Crippen LogP contribution in [0.5, 0.6) is 0 Å². The lowest BCUT2D eigenvalue weighted by atomic mass is 10.1. The van der Waals surface area contributed by atoms with Gasteiger partial charge in [0.05, 0.1) is 0 Å². The third-order valence-electron chi connectivity index (χ3n) is 0.345. The minimum Gasteiger partial charge on any atom is -0.0881 e. The van der Waals surface area contributed by atoms with Crippen molar-refractivity contribution < 1.29 is 0 Å². The van der Waals surface area contributed by atoms with E-state index in [1.807, 2.05) is 20.8 Å². The molecule has 3 nitrogen and oxygen atoms in total. The van der Waals surface area contributed by atoms with Crippen molar-refractivity contribution in [2.75, 3.05) is 0 Å². The topological polar surface area (TPSA) is 48.8 Å². The Labute approximate surface area is 43.0 Å². The van der Waals surface area contributed by atoms with E-state index in [0.717, 1.165) is 0 Å². The van der Waals surface area contributed by atoms with E-state index in [9.17, 15) is 0 Å². The summed E-state index contributed by atoms with van der Waals surface area (Å²) < 4.78 is 0. The fraction of sp³-hybridized carbons (Fsp3) is 1.00. The first-order chi connectivity index (χ1) is 3.06. The van der Waals surface area contributed by atoms with E-state index >= 15 is 0 Å². The van der Waals surface area contributed by atoms with Gasteiger partial charge in [-0.3, -0.25) is 0 Å². The van der Waals surface area contributed by atoms with E-state index in [1.54, 1.807) is 0 Å². The zero-order valence-electron chi connectivity index (χ0n) is 4.84. The first-order valence-electron chi connectivity index (χ1n) is 2.12. The van der Waals surface area contributed by atoms with Gasteiger partial charge in [0.1, 0.15) is 0 Å². The summed E-state index contributed by atoms with van der Waals surface area (Å²) in [5.41, 5.74) is 7.62. The van der Waals surface area contributed by atoms with Crippen LogP contribution in [0.4, 0.5) is 0 Å². The predicted octanol–water partition coefficient (Wildman–Crippen LogP) is 2.10. The van der Waals surface area contributed by atoms with Crippen LogP contribution in [0.25, 0.3) is 10.4 Å². The summed E-state index contributed by atoms with van der Waals surface area (Å²) in [4.78, 5) is 2.63. The van der Waals surface area contributed by atoms with Gasteiger partial charge < -0.3 is 0 Å². The largest absolute Gasteiger partial charge is 0.0881 e. The minimum atomic E-state index is -0.241. The van der Waals surface area contributed by atoms with E-state index in [2.05, 4.69) is 10.0 Å². The molecule has 0 atom stereocenters. The van der Waals surface area contributed by atoms with Crippen LogP contribution in [0, 0.1) is 0 Å². The number of nitrogens with zero attached hydrogens (tertiary/aromatic N) is 3. The average Bonchev–Trinajstić information content (AvgIpc) is 1.30. The Bertz CT molecular complexity index is 94.0. The average molecular weight is 99.1 g/mol. The van der Waals surface area contributed by atoms with E-state index in [-0.39, 0.29) is 5.54 Å². The molecule has 7 heavy (non-hydrogen) atoms. The van der Waals surface area contributed by atoms with Gasteiger partial charge in [0.15, 0.2) is 0 Å². The molecule has 0 saturated carbocycles. The van der Waals surface area contributed by atoms with Gasteiger partial charge >= 0.3 is 0 Å². The monoisotopic (exact) mass is 99.1 g/mol. The molecule has 0 aliphatic rings. The van der Waals surface area contributed by atoms with Crippen LogP contribution in [0.15, 0.2) is 5.11 Å². The fourth-order valence-corrected chi connectivity index (χ4v) is 0.134. The summed E-state index contributed by atoms with van der Waals surface area (Å²) in [5, 5.41) is 3.44. The van der Waals surface area contributed by atoms with E-state index in [0.29, 0.717) is 0 Å². The molecule has 0 aromatic carbocycles. The van der Waals surface area contributed by atoms with Crippen LogP contribution in [0.3, 0.4) is 0 Å². The molecule has 0 N–H and O–H groups in total. The van der Waals surface area contributed by atoms with Crippen LogP contribution in [0.1, 0.15) is 20.8 Å². The third-order valence-corrected chi connectivity index (χ3v) is 0.345. The van der Waals surface area contributed by atoms with Crippen molar-refractivity contribution in [3.05, 3.63) is 10.4 Å². The second-order valence-electron chi connectivity index (χ2n) is 2.36. The molecule has 0 rings (SSSR count). The van der Waals surface area contributed by atoms with Gasteiger partial charge in [-0.1, -0.05) is 25.9 Å². The second kappa shape index (κ2) is 1.85. The molecule has 0 heterocycles. The van der Waals surface area contributed by atoms with Crippen molar-refractivity contribution in [2.45, 2.75) is 26.3 Å². The van der Waals surface area contributed by atoms with Crippen molar-refractivity contribution in [3.63, 3.8) is 0 Å². The molecule has 0 saturated heterocycles. The van der Waals surface area contributed by atoms with Gasteiger partial charge in [0, 0.05) is 10.5 Å². The molecule has 0 fully saturated rings. The summed E-state index contributed by atoms with van der Waals surface area (Å²) in [6.07, 6.45) is 0. The Morgan fingerprint density at radius 1 is 1.43 bits per heavy atom. The fourth-order valence-electron chi connectivity index (χ4n) is 0.134. The van der Waals surface area contributed by atoms with E-state index in [4.69, 9.17) is 5.53 Å². The molecule has 0 radical (unpaired) electrons. The van der Waals surface area contributed by atoms with Crippen molar-refractivity contribution in [1.29, 1.82) is 0 Å². The van der Waals surface area contributed by atoms with Gasteiger partial charge in [0.2, 0.25) is 0 Å². The van der Waals surface area contributed by atoms with Gasteiger partial charge in [-0.05, 0) is 5.53 Å². The molecule has 0 bridgehead atoms. The molecule has 0 aromatic heterocycles. The summed E-state index contributed by atoms with van der Waals surface area (Å²) in [5.74, 6) is 0. The van der Waals surface area contributed by atoms with Crippen LogP contribution in [0.2, 0.25) is 0 Å². The zero-order valence-corrected chi connectivity index (χ0v) is 4.84. The minimum absolute atomic E-state index is 0.241. The molecule has 40 valence electrons. The lowest BCUT2D eigenvalue weighted by molar-refractivity contribution is 0.576. The highest BCUT2D eigenvalue weighted by Crippen LogP contribution is 2.04. The van der Waals surface area contributed by atoms with Gasteiger partial charge in [-0.15, -0.1) is 0 Å². The Hall–Kier alpha value is -0.690. The lowest BCUT2D eigenvalue weighted by Gasteiger charge is -2.05. The molecule has 0 unspecified atom stereocenters. The van der Waals surface area contributed by atoms with Crippen molar-refractivity contribution >= 4 is 0 Å². The Morgan fingerprint density at radius 3 is 1.86 bits per heavy atom. The molecule has 0 spiro atoms. The maximum Gasteiger partial charge on any atom is 0.0403 e. The standard InChI is InChI=1S/C4H9N3/c1-4(2,3)6-7-5/h1-3H3. The molecule has 0 aliphatic heterocycles. The van der Waals surface area contributed by atoms with Crippen molar-refractivity contribution in [3.8, 4) is 0 Å². The smallest absolute Gasteiger partial charge is 0.0403 e. The summed E-state index contributed by atoms with van der Waals surface area (Å²) in [7, 11) is 0. The first-order valence-corrected chi connectivity index (χ1v) is 2.12. The Balaban J connectivity index is 3.80. The number of azide groups is 1. The first kappa shape index (κ1) is 6.31. The molecule has 3 heteroatoms. The normalized spacial score (nSPS) is 10.1. The Morgan fingerprint density at radius 2 is 1.86 bits per heavy atom. The Kier molecular flexibility index (Phi) is 1.66. The molecule has 0 aromatic rings. The highest BCUT2D eigenvalue weighted by molar-refractivity contribution is 4.69. The predicted molar refractivity (Wildman–Crippen MR) is 28.9 cm³/mol. The number of rotatable bonds is 0. The summed E-state index contributed by atoms with van der Waals surface area (Å²) in [6.45, 7) is 5.56. The van der Waals surface area contributed by atoms with Crippen LogP contribution < -0.4 is 0 Å². The molecule has 0 aliphatic carbocycles. The van der Waals surface area contributed by atoms with Gasteiger partial charge in [-0.2, -0.15) is 0 Å². The van der Waals surface area contributed by atoms with Crippen molar-refractivity contribution in [1.82, 2.24) is 0 Å². The zero-order chi connectivity index (χ0) is 5.91. The summed E-state index contributed by atoms with van der Waals surface area (Å²) in [6, 6.07) is 0. The van der Waals surface area contributed by atoms with Crippen LogP contribution >= 0.6 is 0 Å².